The third-order valence-corrected chi connectivity index (χ3v) is 1.74. The van der Waals surface area contributed by atoms with Crippen molar-refractivity contribution in [3.8, 4) is 0 Å². The van der Waals surface area contributed by atoms with E-state index in [2.05, 4.69) is 29.3 Å². The van der Waals surface area contributed by atoms with Crippen molar-refractivity contribution in [2.75, 3.05) is 40.8 Å². The van der Waals surface area contributed by atoms with Gasteiger partial charge in [-0.25, -0.2) is 5.01 Å². The fourth-order valence-electron chi connectivity index (χ4n) is 0.591. The van der Waals surface area contributed by atoms with Crippen LogP contribution in [0.3, 0.4) is 0 Å². The van der Waals surface area contributed by atoms with Gasteiger partial charge in [0, 0.05) is 20.1 Å². The Balaban J connectivity index is 3.17. The molecule has 0 radical (unpaired) electrons. The monoisotopic (exact) mass is 145 g/mol. The van der Waals surface area contributed by atoms with Gasteiger partial charge in [-0.05, 0) is 20.6 Å². The Morgan fingerprint density at radius 3 is 2.20 bits per heavy atom. The molecule has 0 aromatic rings. The van der Waals surface area contributed by atoms with Gasteiger partial charge in [-0.1, -0.05) is 6.92 Å². The van der Waals surface area contributed by atoms with Crippen LogP contribution in [-0.2, 0) is 0 Å². The first kappa shape index (κ1) is 9.88. The van der Waals surface area contributed by atoms with Crippen molar-refractivity contribution in [2.45, 2.75) is 6.92 Å². The zero-order valence-corrected chi connectivity index (χ0v) is 7.52. The van der Waals surface area contributed by atoms with E-state index in [1.54, 1.807) is 0 Å². The molecule has 0 saturated carbocycles. The molecule has 0 unspecified atom stereocenters. The highest BCUT2D eigenvalue weighted by molar-refractivity contribution is 4.49. The summed E-state index contributed by atoms with van der Waals surface area (Å²) < 4.78 is 0. The molecule has 1 N–H and O–H groups in total. The number of hydrogen-bond acceptors (Lipinski definition) is 3. The summed E-state index contributed by atoms with van der Waals surface area (Å²) in [6, 6.07) is 0. The molecule has 0 aromatic carbocycles. The number of nitrogens with one attached hydrogen (secondary N) is 1. The standard InChI is InChI=1S/C7H19N3/c1-5-9(3)6-7-10(4)8-2/h8H,5-7H2,1-4H3. The number of hydrogen-bond donors (Lipinski definition) is 1. The van der Waals surface area contributed by atoms with Crippen LogP contribution in [0.1, 0.15) is 6.92 Å². The minimum absolute atomic E-state index is 1.07. The summed E-state index contributed by atoms with van der Waals surface area (Å²) in [5.41, 5.74) is 3.05. The molecule has 0 aliphatic rings. The normalized spacial score (nSPS) is 11.4. The zero-order valence-electron chi connectivity index (χ0n) is 7.52. The van der Waals surface area contributed by atoms with Gasteiger partial charge in [0.25, 0.3) is 0 Å². The van der Waals surface area contributed by atoms with Crippen molar-refractivity contribution in [1.29, 1.82) is 0 Å². The average Bonchev–Trinajstić information content (AvgIpc) is 1.99. The molecule has 3 nitrogen and oxygen atoms in total. The maximum absolute atomic E-state index is 3.05. The first-order valence-electron chi connectivity index (χ1n) is 3.77. The summed E-state index contributed by atoms with van der Waals surface area (Å²) in [5, 5.41) is 2.08. The van der Waals surface area contributed by atoms with E-state index in [4.69, 9.17) is 0 Å². The van der Waals surface area contributed by atoms with Gasteiger partial charge in [-0.3, -0.25) is 5.43 Å². The van der Waals surface area contributed by atoms with Crippen LogP contribution >= 0.6 is 0 Å². The van der Waals surface area contributed by atoms with Gasteiger partial charge in [-0.2, -0.15) is 0 Å². The Bertz CT molecular complexity index is 65.3. The average molecular weight is 145 g/mol. The molecule has 0 atom stereocenters. The van der Waals surface area contributed by atoms with Crippen LogP contribution in [0.5, 0.6) is 0 Å². The van der Waals surface area contributed by atoms with Crippen molar-refractivity contribution >= 4 is 0 Å². The molecule has 0 amide bonds. The molecular formula is C7H19N3. The van der Waals surface area contributed by atoms with E-state index in [1.165, 1.54) is 0 Å². The lowest BCUT2D eigenvalue weighted by atomic mass is 10.5. The summed E-state index contributed by atoms with van der Waals surface area (Å²) in [5.74, 6) is 0. The van der Waals surface area contributed by atoms with E-state index >= 15 is 0 Å². The third-order valence-electron chi connectivity index (χ3n) is 1.74. The van der Waals surface area contributed by atoms with Gasteiger partial charge in [0.2, 0.25) is 0 Å². The van der Waals surface area contributed by atoms with Crippen LogP contribution in [0.2, 0.25) is 0 Å². The van der Waals surface area contributed by atoms with Crippen molar-refractivity contribution in [3.63, 3.8) is 0 Å². The topological polar surface area (TPSA) is 18.5 Å². The van der Waals surface area contributed by atoms with Crippen LogP contribution in [0.4, 0.5) is 0 Å². The maximum atomic E-state index is 3.05. The SMILES string of the molecule is CCN(C)CCN(C)NC. The van der Waals surface area contributed by atoms with Crippen molar-refractivity contribution in [3.05, 3.63) is 0 Å². The Kier molecular flexibility index (Phi) is 5.58. The Hall–Kier alpha value is -0.120. The van der Waals surface area contributed by atoms with Crippen LogP contribution in [0, 0.1) is 0 Å². The molecule has 0 saturated heterocycles. The van der Waals surface area contributed by atoms with Crippen LogP contribution in [0.25, 0.3) is 0 Å². The molecule has 0 aliphatic heterocycles. The Labute approximate surface area is 64.0 Å². The largest absolute Gasteiger partial charge is 0.305 e. The number of hydrazine groups is 1. The second-order valence-electron chi connectivity index (χ2n) is 2.54. The smallest absolute Gasteiger partial charge is 0.0255 e. The predicted molar refractivity (Wildman–Crippen MR) is 44.9 cm³/mol. The minimum atomic E-state index is 1.07. The van der Waals surface area contributed by atoms with E-state index in [1.807, 2.05) is 14.1 Å². The molecule has 0 aliphatic carbocycles. The Morgan fingerprint density at radius 2 is 1.80 bits per heavy atom. The summed E-state index contributed by atoms with van der Waals surface area (Å²) in [6.07, 6.45) is 0. The van der Waals surface area contributed by atoms with Gasteiger partial charge in [0.15, 0.2) is 0 Å². The second kappa shape index (κ2) is 5.65. The van der Waals surface area contributed by atoms with Gasteiger partial charge >= 0.3 is 0 Å². The molecule has 0 rings (SSSR count). The second-order valence-corrected chi connectivity index (χ2v) is 2.54. The Morgan fingerprint density at radius 1 is 1.20 bits per heavy atom. The quantitative estimate of drug-likeness (QED) is 0.550. The lowest BCUT2D eigenvalue weighted by molar-refractivity contribution is 0.218. The van der Waals surface area contributed by atoms with Gasteiger partial charge in [0.05, 0.1) is 0 Å². The predicted octanol–water partition coefficient (Wildman–Crippen LogP) is 0.00430. The first-order valence-corrected chi connectivity index (χ1v) is 3.77. The highest BCUT2D eigenvalue weighted by Crippen LogP contribution is 1.81. The highest BCUT2D eigenvalue weighted by atomic mass is 15.5. The summed E-state index contributed by atoms with van der Waals surface area (Å²) >= 11 is 0. The van der Waals surface area contributed by atoms with Crippen molar-refractivity contribution in [1.82, 2.24) is 15.3 Å². The fraction of sp³-hybridized carbons (Fsp3) is 1.00. The number of nitrogens with zero attached hydrogens (tertiary/aromatic N) is 2. The van der Waals surface area contributed by atoms with Crippen LogP contribution in [-0.4, -0.2) is 50.7 Å². The van der Waals surface area contributed by atoms with Crippen molar-refractivity contribution in [2.24, 2.45) is 0 Å². The third kappa shape index (κ3) is 4.73. The lowest BCUT2D eigenvalue weighted by Crippen LogP contribution is -2.37. The molecule has 0 heterocycles. The maximum Gasteiger partial charge on any atom is 0.0255 e. The van der Waals surface area contributed by atoms with Gasteiger partial charge in [-0.15, -0.1) is 0 Å². The number of likely N-dealkylation sites (N-methyl/N-ethyl adjacent to an activating group) is 2. The highest BCUT2D eigenvalue weighted by Gasteiger charge is 1.95. The molecule has 0 bridgehead atoms. The van der Waals surface area contributed by atoms with E-state index in [0.717, 1.165) is 19.6 Å². The van der Waals surface area contributed by atoms with E-state index in [9.17, 15) is 0 Å². The van der Waals surface area contributed by atoms with E-state index in [0.29, 0.717) is 0 Å². The molecule has 0 aromatic heterocycles. The fourth-order valence-corrected chi connectivity index (χ4v) is 0.591. The first-order chi connectivity index (χ1) is 4.70. The van der Waals surface area contributed by atoms with Gasteiger partial charge < -0.3 is 4.90 Å². The lowest BCUT2D eigenvalue weighted by Gasteiger charge is -2.19. The van der Waals surface area contributed by atoms with Gasteiger partial charge in [0.1, 0.15) is 0 Å². The van der Waals surface area contributed by atoms with Crippen molar-refractivity contribution < 1.29 is 0 Å². The summed E-state index contributed by atoms with van der Waals surface area (Å²) in [7, 11) is 6.11. The zero-order chi connectivity index (χ0) is 7.98. The molecule has 10 heavy (non-hydrogen) atoms. The summed E-state index contributed by atoms with van der Waals surface area (Å²) in [4.78, 5) is 2.29. The van der Waals surface area contributed by atoms with Crippen LogP contribution < -0.4 is 5.43 Å². The molecular weight excluding hydrogens is 126 g/mol. The molecule has 0 fully saturated rings. The van der Waals surface area contributed by atoms with E-state index < -0.39 is 0 Å². The molecule has 0 spiro atoms. The summed E-state index contributed by atoms with van der Waals surface area (Å²) in [6.45, 7) is 5.48. The minimum Gasteiger partial charge on any atom is -0.305 e. The molecule has 3 heteroatoms. The van der Waals surface area contributed by atoms with Crippen LogP contribution in [0.15, 0.2) is 0 Å². The molecule has 62 valence electrons. The van der Waals surface area contributed by atoms with E-state index in [-0.39, 0.29) is 0 Å². The number of rotatable bonds is 5.